The molecule has 0 radical (unpaired) electrons. The van der Waals surface area contributed by atoms with Crippen LogP contribution in [0, 0.1) is 13.8 Å². The minimum atomic E-state index is -0.342. The van der Waals surface area contributed by atoms with Gasteiger partial charge >= 0.3 is 5.97 Å². The van der Waals surface area contributed by atoms with Crippen LogP contribution in [0.2, 0.25) is 0 Å². The molecule has 3 nitrogen and oxygen atoms in total. The number of hydrogen-bond donors (Lipinski definition) is 0. The summed E-state index contributed by atoms with van der Waals surface area (Å²) in [6.45, 7) is 4.69. The summed E-state index contributed by atoms with van der Waals surface area (Å²) in [4.78, 5) is 11.3. The summed E-state index contributed by atoms with van der Waals surface area (Å²) in [5.41, 5.74) is 4.18. The van der Waals surface area contributed by atoms with E-state index in [-0.39, 0.29) is 5.97 Å². The summed E-state index contributed by atoms with van der Waals surface area (Å²) in [6, 6.07) is 13.2. The fourth-order valence-electron chi connectivity index (χ4n) is 1.87. The minimum absolute atomic E-state index is 0.342. The highest BCUT2D eigenvalue weighted by Crippen LogP contribution is 2.16. The maximum Gasteiger partial charge on any atom is 0.337 e. The largest absolute Gasteiger partial charge is 0.489 e. The van der Waals surface area contributed by atoms with Gasteiger partial charge in [-0.1, -0.05) is 18.2 Å². The topological polar surface area (TPSA) is 35.5 Å². The molecule has 0 unspecified atom stereocenters. The Labute approximate surface area is 119 Å². The van der Waals surface area contributed by atoms with Crippen molar-refractivity contribution >= 4 is 5.97 Å². The van der Waals surface area contributed by atoms with E-state index < -0.39 is 0 Å². The van der Waals surface area contributed by atoms with Gasteiger partial charge in [0.05, 0.1) is 12.7 Å². The zero-order chi connectivity index (χ0) is 14.5. The molecule has 2 rings (SSSR count). The van der Waals surface area contributed by atoms with E-state index in [0.717, 1.165) is 11.3 Å². The van der Waals surface area contributed by atoms with Crippen molar-refractivity contribution < 1.29 is 14.3 Å². The predicted octanol–water partition coefficient (Wildman–Crippen LogP) is 3.67. The molecule has 3 heteroatoms. The van der Waals surface area contributed by atoms with Crippen LogP contribution in [0.4, 0.5) is 0 Å². The van der Waals surface area contributed by atoms with Gasteiger partial charge in [-0.3, -0.25) is 0 Å². The Morgan fingerprint density at radius 1 is 1.00 bits per heavy atom. The molecule has 0 amide bonds. The number of methoxy groups -OCH3 is 1. The molecular formula is C17H18O3. The number of aryl methyl sites for hydroxylation is 2. The van der Waals surface area contributed by atoms with Gasteiger partial charge in [-0.05, 0) is 54.8 Å². The van der Waals surface area contributed by atoms with E-state index in [2.05, 4.69) is 36.8 Å². The van der Waals surface area contributed by atoms with Crippen molar-refractivity contribution in [2.24, 2.45) is 0 Å². The molecular weight excluding hydrogens is 252 g/mol. The third kappa shape index (κ3) is 3.38. The molecule has 0 spiro atoms. The van der Waals surface area contributed by atoms with Gasteiger partial charge < -0.3 is 9.47 Å². The summed E-state index contributed by atoms with van der Waals surface area (Å²) in [6.07, 6.45) is 0. The van der Waals surface area contributed by atoms with Gasteiger partial charge in [0, 0.05) is 0 Å². The quantitative estimate of drug-likeness (QED) is 0.795. The Kier molecular flexibility index (Phi) is 4.41. The number of benzene rings is 2. The normalized spacial score (nSPS) is 10.2. The minimum Gasteiger partial charge on any atom is -0.489 e. The van der Waals surface area contributed by atoms with Gasteiger partial charge in [-0.15, -0.1) is 0 Å². The lowest BCUT2D eigenvalue weighted by Gasteiger charge is -2.08. The van der Waals surface area contributed by atoms with Crippen molar-refractivity contribution in [1.82, 2.24) is 0 Å². The van der Waals surface area contributed by atoms with Crippen LogP contribution >= 0.6 is 0 Å². The lowest BCUT2D eigenvalue weighted by molar-refractivity contribution is 0.0600. The van der Waals surface area contributed by atoms with Crippen LogP contribution in [0.25, 0.3) is 0 Å². The third-order valence-electron chi connectivity index (χ3n) is 3.25. The van der Waals surface area contributed by atoms with E-state index in [1.54, 1.807) is 24.3 Å². The van der Waals surface area contributed by atoms with Crippen molar-refractivity contribution in [3.63, 3.8) is 0 Å². The van der Waals surface area contributed by atoms with Crippen LogP contribution in [-0.2, 0) is 11.3 Å². The van der Waals surface area contributed by atoms with Crippen LogP contribution in [0.5, 0.6) is 5.75 Å². The Bertz CT molecular complexity index is 600. The fourth-order valence-corrected chi connectivity index (χ4v) is 1.87. The molecule has 0 fully saturated rings. The highest BCUT2D eigenvalue weighted by Gasteiger charge is 2.05. The Morgan fingerprint density at radius 2 is 1.70 bits per heavy atom. The molecule has 0 saturated carbocycles. The molecule has 0 saturated heterocycles. The van der Waals surface area contributed by atoms with Crippen molar-refractivity contribution in [3.8, 4) is 5.75 Å². The second-order valence-corrected chi connectivity index (χ2v) is 4.72. The first-order chi connectivity index (χ1) is 9.60. The zero-order valence-electron chi connectivity index (χ0n) is 12.0. The van der Waals surface area contributed by atoms with Crippen LogP contribution in [0.1, 0.15) is 27.0 Å². The molecule has 0 aliphatic heterocycles. The van der Waals surface area contributed by atoms with E-state index in [1.807, 2.05) is 0 Å². The molecule has 20 heavy (non-hydrogen) atoms. The van der Waals surface area contributed by atoms with Crippen LogP contribution in [-0.4, -0.2) is 13.1 Å². The first-order valence-electron chi connectivity index (χ1n) is 6.47. The summed E-state index contributed by atoms with van der Waals surface area (Å²) >= 11 is 0. The van der Waals surface area contributed by atoms with E-state index in [0.29, 0.717) is 12.2 Å². The van der Waals surface area contributed by atoms with E-state index in [9.17, 15) is 4.79 Å². The van der Waals surface area contributed by atoms with Gasteiger partial charge in [0.25, 0.3) is 0 Å². The monoisotopic (exact) mass is 270 g/mol. The maximum absolute atomic E-state index is 11.3. The molecule has 0 aromatic heterocycles. The molecule has 2 aromatic rings. The third-order valence-corrected chi connectivity index (χ3v) is 3.25. The van der Waals surface area contributed by atoms with E-state index >= 15 is 0 Å². The maximum atomic E-state index is 11.3. The smallest absolute Gasteiger partial charge is 0.337 e. The number of rotatable bonds is 4. The summed E-state index contributed by atoms with van der Waals surface area (Å²) in [5.74, 6) is 0.390. The Balaban J connectivity index is 2.00. The summed E-state index contributed by atoms with van der Waals surface area (Å²) in [7, 11) is 1.37. The van der Waals surface area contributed by atoms with Gasteiger partial charge in [-0.25, -0.2) is 4.79 Å². The molecule has 104 valence electrons. The van der Waals surface area contributed by atoms with Crippen LogP contribution in [0.3, 0.4) is 0 Å². The standard InChI is InChI=1S/C17H18O3/c1-12-4-5-14(10-13(12)2)11-20-16-8-6-15(7-9-16)17(18)19-3/h4-10H,11H2,1-3H3. The number of carbonyl (C=O) groups excluding carboxylic acids is 1. The van der Waals surface area contributed by atoms with Crippen molar-refractivity contribution in [2.45, 2.75) is 20.5 Å². The Hall–Kier alpha value is -2.29. The molecule has 0 aliphatic rings. The molecule has 0 N–H and O–H groups in total. The molecule has 0 aliphatic carbocycles. The second kappa shape index (κ2) is 6.24. The van der Waals surface area contributed by atoms with Gasteiger partial charge in [0.15, 0.2) is 0 Å². The Morgan fingerprint density at radius 3 is 2.30 bits per heavy atom. The van der Waals surface area contributed by atoms with Gasteiger partial charge in [0.2, 0.25) is 0 Å². The van der Waals surface area contributed by atoms with Gasteiger partial charge in [-0.2, -0.15) is 0 Å². The van der Waals surface area contributed by atoms with Crippen molar-refractivity contribution in [2.75, 3.05) is 7.11 Å². The number of ether oxygens (including phenoxy) is 2. The first kappa shape index (κ1) is 14.1. The van der Waals surface area contributed by atoms with E-state index in [1.165, 1.54) is 18.2 Å². The zero-order valence-corrected chi connectivity index (χ0v) is 12.0. The second-order valence-electron chi connectivity index (χ2n) is 4.72. The SMILES string of the molecule is COC(=O)c1ccc(OCc2ccc(C)c(C)c2)cc1. The molecule has 0 heterocycles. The average molecular weight is 270 g/mol. The van der Waals surface area contributed by atoms with Crippen molar-refractivity contribution in [3.05, 3.63) is 64.7 Å². The molecule has 0 atom stereocenters. The highest BCUT2D eigenvalue weighted by atomic mass is 16.5. The number of hydrogen-bond acceptors (Lipinski definition) is 3. The predicted molar refractivity (Wildman–Crippen MR) is 78.0 cm³/mol. The van der Waals surface area contributed by atoms with Crippen LogP contribution < -0.4 is 4.74 Å². The lowest BCUT2D eigenvalue weighted by Crippen LogP contribution is -2.01. The lowest BCUT2D eigenvalue weighted by atomic mass is 10.1. The highest BCUT2D eigenvalue weighted by molar-refractivity contribution is 5.89. The summed E-state index contributed by atoms with van der Waals surface area (Å²) in [5, 5.41) is 0. The van der Waals surface area contributed by atoms with Gasteiger partial charge in [0.1, 0.15) is 12.4 Å². The first-order valence-corrected chi connectivity index (χ1v) is 6.47. The summed E-state index contributed by atoms with van der Waals surface area (Å²) < 4.78 is 10.4. The molecule has 0 bridgehead atoms. The number of esters is 1. The fraction of sp³-hybridized carbons (Fsp3) is 0.235. The number of carbonyl (C=O) groups is 1. The van der Waals surface area contributed by atoms with E-state index in [4.69, 9.17) is 4.74 Å². The van der Waals surface area contributed by atoms with Crippen molar-refractivity contribution in [1.29, 1.82) is 0 Å². The molecule has 2 aromatic carbocycles. The average Bonchev–Trinajstić information content (AvgIpc) is 2.48. The van der Waals surface area contributed by atoms with Crippen LogP contribution in [0.15, 0.2) is 42.5 Å².